The Morgan fingerprint density at radius 1 is 0.929 bits per heavy atom. The fraction of sp³-hybridized carbons (Fsp3) is 0.250. The second-order valence-corrected chi connectivity index (χ2v) is 6.23. The summed E-state index contributed by atoms with van der Waals surface area (Å²) in [5.74, 6) is 0.271. The van der Waals surface area contributed by atoms with Gasteiger partial charge in [0.2, 0.25) is 0 Å². The number of carbonyl (C=O) groups excluding carboxylic acids is 2. The van der Waals surface area contributed by atoms with Crippen LogP contribution in [0, 0.1) is 0 Å². The highest BCUT2D eigenvalue weighted by Crippen LogP contribution is 2.16. The topological polar surface area (TPSA) is 88.7 Å². The maximum atomic E-state index is 12.3. The molecule has 28 heavy (non-hydrogen) atoms. The molecule has 0 bridgehead atoms. The standard InChI is InChI=1S/C20H23N3O4S/c1-26-17-11-9-15(10-12-17)22-19(25)14-5-7-16(8-6-14)23-20(28)21-13-3-4-18(24)27-2/h5-12H,3-4,13H2,1-2H3,(H,22,25)(H2,21,23,28). The summed E-state index contributed by atoms with van der Waals surface area (Å²) in [7, 11) is 2.95. The normalized spacial score (nSPS) is 9.93. The summed E-state index contributed by atoms with van der Waals surface area (Å²) in [6.07, 6.45) is 0.961. The summed E-state index contributed by atoms with van der Waals surface area (Å²) in [5, 5.41) is 9.32. The molecular weight excluding hydrogens is 378 g/mol. The van der Waals surface area contributed by atoms with Crippen molar-refractivity contribution in [1.82, 2.24) is 5.32 Å². The molecule has 7 nitrogen and oxygen atoms in total. The van der Waals surface area contributed by atoms with Gasteiger partial charge in [0, 0.05) is 29.9 Å². The van der Waals surface area contributed by atoms with Crippen LogP contribution in [0.15, 0.2) is 48.5 Å². The van der Waals surface area contributed by atoms with Crippen LogP contribution in [0.4, 0.5) is 11.4 Å². The predicted octanol–water partition coefficient (Wildman–Crippen LogP) is 3.19. The third kappa shape index (κ3) is 6.88. The molecule has 1 amide bonds. The van der Waals surface area contributed by atoms with Crippen molar-refractivity contribution >= 4 is 40.6 Å². The third-order valence-corrected chi connectivity index (χ3v) is 4.07. The van der Waals surface area contributed by atoms with E-state index in [0.29, 0.717) is 35.7 Å². The number of hydrogen-bond acceptors (Lipinski definition) is 5. The number of benzene rings is 2. The highest BCUT2D eigenvalue weighted by atomic mass is 32.1. The quantitative estimate of drug-likeness (QED) is 0.356. The number of rotatable bonds is 8. The van der Waals surface area contributed by atoms with E-state index in [9.17, 15) is 9.59 Å². The van der Waals surface area contributed by atoms with Gasteiger partial charge in [-0.05, 0) is 67.2 Å². The molecule has 2 rings (SSSR count). The highest BCUT2D eigenvalue weighted by Gasteiger charge is 2.07. The lowest BCUT2D eigenvalue weighted by atomic mass is 10.2. The van der Waals surface area contributed by atoms with Gasteiger partial charge in [0.1, 0.15) is 5.75 Å². The van der Waals surface area contributed by atoms with Crippen LogP contribution in [-0.2, 0) is 9.53 Å². The number of thiocarbonyl (C=S) groups is 1. The van der Waals surface area contributed by atoms with Crippen LogP contribution < -0.4 is 20.7 Å². The Kier molecular flexibility index (Phi) is 8.23. The molecule has 0 saturated carbocycles. The molecule has 0 atom stereocenters. The minimum Gasteiger partial charge on any atom is -0.497 e. The summed E-state index contributed by atoms with van der Waals surface area (Å²) in [6, 6.07) is 14.1. The molecule has 0 aliphatic heterocycles. The Labute approximate surface area is 169 Å². The van der Waals surface area contributed by atoms with Gasteiger partial charge < -0.3 is 25.4 Å². The van der Waals surface area contributed by atoms with Crippen LogP contribution in [0.1, 0.15) is 23.2 Å². The maximum Gasteiger partial charge on any atom is 0.305 e. The summed E-state index contributed by atoms with van der Waals surface area (Å²) in [5.41, 5.74) is 1.97. The molecule has 3 N–H and O–H groups in total. The Morgan fingerprint density at radius 3 is 2.14 bits per heavy atom. The lowest BCUT2D eigenvalue weighted by molar-refractivity contribution is -0.140. The first kappa shape index (κ1) is 21.2. The smallest absolute Gasteiger partial charge is 0.305 e. The van der Waals surface area contributed by atoms with Crippen molar-refractivity contribution in [2.24, 2.45) is 0 Å². The molecule has 0 saturated heterocycles. The number of esters is 1. The molecule has 0 aliphatic carbocycles. The van der Waals surface area contributed by atoms with E-state index in [4.69, 9.17) is 17.0 Å². The van der Waals surface area contributed by atoms with Gasteiger partial charge in [0.25, 0.3) is 5.91 Å². The van der Waals surface area contributed by atoms with Crippen molar-refractivity contribution in [3.8, 4) is 5.75 Å². The number of methoxy groups -OCH3 is 2. The number of ether oxygens (including phenoxy) is 2. The van der Waals surface area contributed by atoms with Crippen LogP contribution in [0.3, 0.4) is 0 Å². The number of amides is 1. The van der Waals surface area contributed by atoms with Crippen molar-refractivity contribution in [2.45, 2.75) is 12.8 Å². The lowest BCUT2D eigenvalue weighted by Gasteiger charge is -2.11. The second-order valence-electron chi connectivity index (χ2n) is 5.82. The van der Waals surface area contributed by atoms with E-state index in [1.165, 1.54) is 7.11 Å². The van der Waals surface area contributed by atoms with E-state index >= 15 is 0 Å². The fourth-order valence-electron chi connectivity index (χ4n) is 2.29. The van der Waals surface area contributed by atoms with Crippen molar-refractivity contribution in [2.75, 3.05) is 31.4 Å². The second kappa shape index (κ2) is 10.9. The third-order valence-electron chi connectivity index (χ3n) is 3.82. The molecule has 2 aromatic rings. The van der Waals surface area contributed by atoms with Crippen LogP contribution in [0.2, 0.25) is 0 Å². The molecule has 2 aromatic carbocycles. The average molecular weight is 401 g/mol. The minimum atomic E-state index is -0.246. The molecule has 0 heterocycles. The molecule has 0 aliphatic rings. The van der Waals surface area contributed by atoms with E-state index in [1.54, 1.807) is 55.6 Å². The molecular formula is C20H23N3O4S. The molecule has 0 radical (unpaired) electrons. The SMILES string of the molecule is COC(=O)CCCNC(=S)Nc1ccc(C(=O)Nc2ccc(OC)cc2)cc1. The van der Waals surface area contributed by atoms with Crippen molar-refractivity contribution < 1.29 is 19.1 Å². The first-order valence-corrected chi connectivity index (χ1v) is 9.10. The first-order valence-electron chi connectivity index (χ1n) is 8.69. The Hall–Kier alpha value is -3.13. The van der Waals surface area contributed by atoms with Crippen LogP contribution in [0.25, 0.3) is 0 Å². The summed E-state index contributed by atoms with van der Waals surface area (Å²) in [6.45, 7) is 0.559. The van der Waals surface area contributed by atoms with E-state index in [0.717, 1.165) is 11.4 Å². The Morgan fingerprint density at radius 2 is 1.54 bits per heavy atom. The van der Waals surface area contributed by atoms with E-state index in [-0.39, 0.29) is 11.9 Å². The summed E-state index contributed by atoms with van der Waals surface area (Å²) < 4.78 is 9.67. The summed E-state index contributed by atoms with van der Waals surface area (Å²) >= 11 is 5.21. The largest absolute Gasteiger partial charge is 0.497 e. The number of hydrogen-bond donors (Lipinski definition) is 3. The minimum absolute atomic E-state index is 0.208. The first-order chi connectivity index (χ1) is 13.5. The predicted molar refractivity (Wildman–Crippen MR) is 113 cm³/mol. The zero-order chi connectivity index (χ0) is 20.4. The van der Waals surface area contributed by atoms with Crippen LogP contribution in [0.5, 0.6) is 5.75 Å². The van der Waals surface area contributed by atoms with Crippen LogP contribution in [-0.4, -0.2) is 37.8 Å². The lowest BCUT2D eigenvalue weighted by Crippen LogP contribution is -2.29. The zero-order valence-corrected chi connectivity index (χ0v) is 16.6. The monoisotopic (exact) mass is 401 g/mol. The summed E-state index contributed by atoms with van der Waals surface area (Å²) in [4.78, 5) is 23.4. The Bertz CT molecular complexity index is 807. The molecule has 0 aromatic heterocycles. The Balaban J connectivity index is 1.80. The highest BCUT2D eigenvalue weighted by molar-refractivity contribution is 7.80. The maximum absolute atomic E-state index is 12.3. The van der Waals surface area contributed by atoms with Gasteiger partial charge in [0.15, 0.2) is 5.11 Å². The van der Waals surface area contributed by atoms with Crippen molar-refractivity contribution in [3.05, 3.63) is 54.1 Å². The van der Waals surface area contributed by atoms with Crippen molar-refractivity contribution in [1.29, 1.82) is 0 Å². The van der Waals surface area contributed by atoms with E-state index in [2.05, 4.69) is 20.7 Å². The van der Waals surface area contributed by atoms with Gasteiger partial charge in [-0.15, -0.1) is 0 Å². The van der Waals surface area contributed by atoms with Gasteiger partial charge in [-0.25, -0.2) is 0 Å². The van der Waals surface area contributed by atoms with Gasteiger partial charge in [0.05, 0.1) is 14.2 Å². The van der Waals surface area contributed by atoms with Crippen LogP contribution >= 0.6 is 12.2 Å². The van der Waals surface area contributed by atoms with Gasteiger partial charge in [-0.1, -0.05) is 0 Å². The average Bonchev–Trinajstić information content (AvgIpc) is 2.72. The van der Waals surface area contributed by atoms with Gasteiger partial charge >= 0.3 is 5.97 Å². The fourth-order valence-corrected chi connectivity index (χ4v) is 2.51. The molecule has 148 valence electrons. The molecule has 8 heteroatoms. The number of nitrogens with one attached hydrogen (secondary N) is 3. The van der Waals surface area contributed by atoms with Crippen molar-refractivity contribution in [3.63, 3.8) is 0 Å². The van der Waals surface area contributed by atoms with E-state index in [1.807, 2.05) is 0 Å². The number of carbonyl (C=O) groups is 2. The number of anilines is 2. The molecule has 0 fully saturated rings. The zero-order valence-electron chi connectivity index (χ0n) is 15.8. The van der Waals surface area contributed by atoms with Gasteiger partial charge in [-0.3, -0.25) is 9.59 Å². The van der Waals surface area contributed by atoms with Gasteiger partial charge in [-0.2, -0.15) is 0 Å². The molecule has 0 spiro atoms. The van der Waals surface area contributed by atoms with E-state index < -0.39 is 0 Å². The molecule has 0 unspecified atom stereocenters.